The van der Waals surface area contributed by atoms with Crippen LogP contribution in [-0.4, -0.2) is 9.78 Å². The highest BCUT2D eigenvalue weighted by Crippen LogP contribution is 2.12. The van der Waals surface area contributed by atoms with Gasteiger partial charge < -0.3 is 0 Å². The number of nitrogens with one attached hydrogen (secondary N) is 1. The molecule has 1 aromatic carbocycles. The van der Waals surface area contributed by atoms with Gasteiger partial charge >= 0.3 is 0 Å². The van der Waals surface area contributed by atoms with E-state index >= 15 is 0 Å². The Bertz CT molecular complexity index is 496. The number of aromatic nitrogens is 2. The smallest absolute Gasteiger partial charge is 0.271 e. The van der Waals surface area contributed by atoms with Gasteiger partial charge in [-0.1, -0.05) is 15.9 Å². The standard InChI is InChI=1S/C10H9BrN2O/c1-7-6-10(14)13(12-7)9-4-2-8(11)3-5-9/h2-6,12H,1H3. The number of nitrogens with zero attached hydrogens (tertiary/aromatic N) is 1. The van der Waals surface area contributed by atoms with Crippen LogP contribution in [0.5, 0.6) is 0 Å². The Balaban J connectivity index is 2.54. The number of H-pyrrole nitrogens is 1. The lowest BCUT2D eigenvalue weighted by molar-refractivity contribution is 0.835. The van der Waals surface area contributed by atoms with Gasteiger partial charge in [-0.3, -0.25) is 9.89 Å². The summed E-state index contributed by atoms with van der Waals surface area (Å²) in [5, 5.41) is 2.97. The molecule has 1 N–H and O–H groups in total. The van der Waals surface area contributed by atoms with E-state index in [0.717, 1.165) is 15.9 Å². The van der Waals surface area contributed by atoms with Crippen LogP contribution in [0.25, 0.3) is 5.69 Å². The van der Waals surface area contributed by atoms with E-state index in [4.69, 9.17) is 0 Å². The summed E-state index contributed by atoms with van der Waals surface area (Å²) in [5.74, 6) is 0. The summed E-state index contributed by atoms with van der Waals surface area (Å²) in [5.41, 5.74) is 1.66. The Morgan fingerprint density at radius 1 is 1.29 bits per heavy atom. The maximum Gasteiger partial charge on any atom is 0.271 e. The van der Waals surface area contributed by atoms with E-state index in [9.17, 15) is 4.79 Å². The quantitative estimate of drug-likeness (QED) is 0.831. The van der Waals surface area contributed by atoms with Crippen LogP contribution in [0.1, 0.15) is 5.69 Å². The highest BCUT2D eigenvalue weighted by molar-refractivity contribution is 9.10. The molecular formula is C10H9BrN2O. The molecule has 72 valence electrons. The second kappa shape index (κ2) is 3.46. The predicted molar refractivity (Wildman–Crippen MR) is 58.8 cm³/mol. The number of benzene rings is 1. The summed E-state index contributed by atoms with van der Waals surface area (Å²) in [7, 11) is 0. The van der Waals surface area contributed by atoms with Crippen molar-refractivity contribution in [2.75, 3.05) is 0 Å². The van der Waals surface area contributed by atoms with Crippen LogP contribution in [0.4, 0.5) is 0 Å². The predicted octanol–water partition coefficient (Wildman–Crippen LogP) is 2.24. The Kier molecular flexibility index (Phi) is 2.29. The molecule has 0 atom stereocenters. The van der Waals surface area contributed by atoms with E-state index in [-0.39, 0.29) is 5.56 Å². The molecule has 0 unspecified atom stereocenters. The van der Waals surface area contributed by atoms with E-state index in [1.54, 1.807) is 6.07 Å². The van der Waals surface area contributed by atoms with Crippen molar-refractivity contribution < 1.29 is 0 Å². The summed E-state index contributed by atoms with van der Waals surface area (Å²) >= 11 is 3.34. The molecule has 0 radical (unpaired) electrons. The second-order valence-electron chi connectivity index (χ2n) is 3.09. The zero-order chi connectivity index (χ0) is 10.1. The molecule has 0 saturated heterocycles. The average molecular weight is 253 g/mol. The third-order valence-electron chi connectivity index (χ3n) is 1.93. The van der Waals surface area contributed by atoms with Crippen LogP contribution in [0.3, 0.4) is 0 Å². The lowest BCUT2D eigenvalue weighted by atomic mass is 10.3. The van der Waals surface area contributed by atoms with Crippen molar-refractivity contribution in [2.45, 2.75) is 6.92 Å². The van der Waals surface area contributed by atoms with Crippen LogP contribution in [-0.2, 0) is 0 Å². The highest BCUT2D eigenvalue weighted by atomic mass is 79.9. The van der Waals surface area contributed by atoms with Gasteiger partial charge in [-0.05, 0) is 31.2 Å². The van der Waals surface area contributed by atoms with E-state index in [1.165, 1.54) is 4.68 Å². The fraction of sp³-hybridized carbons (Fsp3) is 0.100. The summed E-state index contributed by atoms with van der Waals surface area (Å²) < 4.78 is 2.51. The summed E-state index contributed by atoms with van der Waals surface area (Å²) in [6, 6.07) is 9.13. The number of rotatable bonds is 1. The molecule has 0 saturated carbocycles. The molecule has 4 heteroatoms. The second-order valence-corrected chi connectivity index (χ2v) is 4.00. The van der Waals surface area contributed by atoms with E-state index in [1.807, 2.05) is 31.2 Å². The van der Waals surface area contributed by atoms with Crippen LogP contribution in [0.2, 0.25) is 0 Å². The van der Waals surface area contributed by atoms with Gasteiger partial charge in [0.25, 0.3) is 5.56 Å². The topological polar surface area (TPSA) is 37.8 Å². The molecule has 2 rings (SSSR count). The molecule has 2 aromatic rings. The van der Waals surface area contributed by atoms with Gasteiger partial charge in [-0.15, -0.1) is 0 Å². The molecule has 14 heavy (non-hydrogen) atoms. The summed E-state index contributed by atoms with van der Waals surface area (Å²) in [6.45, 7) is 1.86. The first kappa shape index (κ1) is 9.27. The van der Waals surface area contributed by atoms with Gasteiger partial charge in [0.1, 0.15) is 0 Å². The van der Waals surface area contributed by atoms with Crippen molar-refractivity contribution in [3.05, 3.63) is 50.9 Å². The van der Waals surface area contributed by atoms with Crippen LogP contribution in [0, 0.1) is 6.92 Å². The third kappa shape index (κ3) is 1.65. The Hall–Kier alpha value is -1.29. The normalized spacial score (nSPS) is 10.4. The zero-order valence-electron chi connectivity index (χ0n) is 7.62. The Morgan fingerprint density at radius 2 is 1.93 bits per heavy atom. The molecule has 0 amide bonds. The largest absolute Gasteiger partial charge is 0.295 e. The van der Waals surface area contributed by atoms with Crippen molar-refractivity contribution >= 4 is 15.9 Å². The minimum absolute atomic E-state index is 0.0372. The number of aryl methyl sites for hydroxylation is 1. The molecule has 3 nitrogen and oxygen atoms in total. The minimum atomic E-state index is -0.0372. The summed E-state index contributed by atoms with van der Waals surface area (Å²) in [4.78, 5) is 11.4. The van der Waals surface area contributed by atoms with Gasteiger partial charge in [-0.2, -0.15) is 0 Å². The minimum Gasteiger partial charge on any atom is -0.295 e. The van der Waals surface area contributed by atoms with Crippen molar-refractivity contribution in [3.63, 3.8) is 0 Å². The van der Waals surface area contributed by atoms with Crippen LogP contribution >= 0.6 is 15.9 Å². The van der Waals surface area contributed by atoms with Crippen molar-refractivity contribution in [2.24, 2.45) is 0 Å². The van der Waals surface area contributed by atoms with Crippen LogP contribution < -0.4 is 5.56 Å². The number of hydrogen-bond donors (Lipinski definition) is 1. The third-order valence-corrected chi connectivity index (χ3v) is 2.46. The molecule has 1 aromatic heterocycles. The fourth-order valence-electron chi connectivity index (χ4n) is 1.30. The monoisotopic (exact) mass is 252 g/mol. The van der Waals surface area contributed by atoms with Gasteiger partial charge in [0.2, 0.25) is 0 Å². The maximum atomic E-state index is 11.4. The highest BCUT2D eigenvalue weighted by Gasteiger charge is 2.01. The van der Waals surface area contributed by atoms with Gasteiger partial charge in [0.05, 0.1) is 5.69 Å². The van der Waals surface area contributed by atoms with Gasteiger partial charge in [0, 0.05) is 16.2 Å². The molecule has 1 heterocycles. The average Bonchev–Trinajstić information content (AvgIpc) is 2.47. The van der Waals surface area contributed by atoms with Gasteiger partial charge in [0.15, 0.2) is 0 Å². The zero-order valence-corrected chi connectivity index (χ0v) is 9.21. The lowest BCUT2D eigenvalue weighted by Gasteiger charge is -2.00. The maximum absolute atomic E-state index is 11.4. The Labute approximate surface area is 89.5 Å². The van der Waals surface area contributed by atoms with Crippen molar-refractivity contribution in [1.29, 1.82) is 0 Å². The SMILES string of the molecule is Cc1cc(=O)n(-c2ccc(Br)cc2)[nH]1. The molecule has 0 aliphatic heterocycles. The first-order chi connectivity index (χ1) is 6.66. The molecule has 0 aliphatic rings. The van der Waals surface area contributed by atoms with E-state index in [0.29, 0.717) is 0 Å². The van der Waals surface area contributed by atoms with E-state index in [2.05, 4.69) is 21.0 Å². The van der Waals surface area contributed by atoms with Crippen molar-refractivity contribution in [3.8, 4) is 5.69 Å². The number of aromatic amines is 1. The number of halogens is 1. The van der Waals surface area contributed by atoms with Crippen molar-refractivity contribution in [1.82, 2.24) is 9.78 Å². The van der Waals surface area contributed by atoms with Gasteiger partial charge in [-0.25, -0.2) is 4.68 Å². The fourth-order valence-corrected chi connectivity index (χ4v) is 1.56. The first-order valence-corrected chi connectivity index (χ1v) is 5.01. The summed E-state index contributed by atoms with van der Waals surface area (Å²) in [6.07, 6.45) is 0. The molecule has 0 spiro atoms. The molecular weight excluding hydrogens is 244 g/mol. The molecule has 0 aliphatic carbocycles. The number of hydrogen-bond acceptors (Lipinski definition) is 1. The Morgan fingerprint density at radius 3 is 2.43 bits per heavy atom. The first-order valence-electron chi connectivity index (χ1n) is 4.21. The molecule has 0 bridgehead atoms. The molecule has 0 fully saturated rings. The van der Waals surface area contributed by atoms with Crippen LogP contribution in [0.15, 0.2) is 39.6 Å². The lowest BCUT2D eigenvalue weighted by Crippen LogP contribution is -2.13. The van der Waals surface area contributed by atoms with E-state index < -0.39 is 0 Å².